The van der Waals surface area contributed by atoms with E-state index >= 15 is 0 Å². The summed E-state index contributed by atoms with van der Waals surface area (Å²) in [4.78, 5) is 21.2. The molecule has 0 bridgehead atoms. The van der Waals surface area contributed by atoms with Crippen LogP contribution in [0.5, 0.6) is 0 Å². The van der Waals surface area contributed by atoms with Gasteiger partial charge in [-0.3, -0.25) is 19.4 Å². The minimum Gasteiger partial charge on any atom is -0.298 e. The maximum absolute atomic E-state index is 13.1. The number of nitrogens with one attached hydrogen (secondary N) is 1. The van der Waals surface area contributed by atoms with E-state index in [1.807, 2.05) is 41.8 Å². The summed E-state index contributed by atoms with van der Waals surface area (Å²) in [7, 11) is -3.69. The zero-order chi connectivity index (χ0) is 22.1. The third-order valence-electron chi connectivity index (χ3n) is 5.25. The molecule has 0 radical (unpaired) electrons. The van der Waals surface area contributed by atoms with Gasteiger partial charge in [0.15, 0.2) is 5.13 Å². The van der Waals surface area contributed by atoms with Crippen molar-refractivity contribution in [2.24, 2.45) is 0 Å². The van der Waals surface area contributed by atoms with Crippen LogP contribution < -0.4 is 9.62 Å². The number of pyridine rings is 1. The van der Waals surface area contributed by atoms with E-state index in [4.69, 9.17) is 0 Å². The molecule has 0 saturated heterocycles. The minimum absolute atomic E-state index is 0.153. The molecule has 0 fully saturated rings. The summed E-state index contributed by atoms with van der Waals surface area (Å²) in [6.07, 6.45) is 4.05. The molecule has 0 saturated carbocycles. The number of thiazole rings is 1. The smallest absolute Gasteiger partial charge is 0.264 e. The van der Waals surface area contributed by atoms with Crippen molar-refractivity contribution in [3.8, 4) is 11.3 Å². The van der Waals surface area contributed by atoms with Crippen LogP contribution in [0.4, 0.5) is 10.8 Å². The molecular formula is C23H18N4O3S2. The Morgan fingerprint density at radius 3 is 2.53 bits per heavy atom. The van der Waals surface area contributed by atoms with Gasteiger partial charge in [0.1, 0.15) is 0 Å². The molecule has 1 aliphatic rings. The molecule has 160 valence electrons. The van der Waals surface area contributed by atoms with Crippen molar-refractivity contribution in [2.45, 2.75) is 11.3 Å². The highest BCUT2D eigenvalue weighted by atomic mass is 32.2. The topological polar surface area (TPSA) is 92.3 Å². The Morgan fingerprint density at radius 2 is 1.75 bits per heavy atom. The van der Waals surface area contributed by atoms with E-state index in [9.17, 15) is 13.2 Å². The molecule has 0 aliphatic carbocycles. The van der Waals surface area contributed by atoms with Crippen molar-refractivity contribution in [2.75, 3.05) is 16.2 Å². The van der Waals surface area contributed by atoms with E-state index in [-0.39, 0.29) is 10.8 Å². The highest BCUT2D eigenvalue weighted by Crippen LogP contribution is 2.32. The van der Waals surface area contributed by atoms with Crippen molar-refractivity contribution >= 4 is 38.1 Å². The maximum Gasteiger partial charge on any atom is 0.264 e. The van der Waals surface area contributed by atoms with Gasteiger partial charge in [0.05, 0.1) is 16.3 Å². The summed E-state index contributed by atoms with van der Waals surface area (Å²) in [5, 5.41) is 5.09. The van der Waals surface area contributed by atoms with Crippen LogP contribution in [0.2, 0.25) is 0 Å². The van der Waals surface area contributed by atoms with E-state index in [2.05, 4.69) is 15.3 Å². The molecular weight excluding hydrogens is 444 g/mol. The Kier molecular flexibility index (Phi) is 5.20. The van der Waals surface area contributed by atoms with Crippen LogP contribution >= 0.6 is 11.3 Å². The van der Waals surface area contributed by atoms with Crippen LogP contribution in [0, 0.1) is 0 Å². The quantitative estimate of drug-likeness (QED) is 0.480. The first-order valence-corrected chi connectivity index (χ1v) is 12.2. The molecule has 9 heteroatoms. The molecule has 3 heterocycles. The van der Waals surface area contributed by atoms with E-state index in [0.717, 1.165) is 16.8 Å². The van der Waals surface area contributed by atoms with E-state index in [1.165, 1.54) is 39.9 Å². The lowest BCUT2D eigenvalue weighted by atomic mass is 10.2. The Labute approximate surface area is 189 Å². The monoisotopic (exact) mass is 462 g/mol. The van der Waals surface area contributed by atoms with Crippen LogP contribution in [-0.4, -0.2) is 30.8 Å². The molecule has 1 aliphatic heterocycles. The Hall–Kier alpha value is -3.56. The van der Waals surface area contributed by atoms with Crippen molar-refractivity contribution in [3.05, 3.63) is 89.6 Å². The summed E-state index contributed by atoms with van der Waals surface area (Å²) in [5.41, 5.74) is 3.74. The van der Waals surface area contributed by atoms with Gasteiger partial charge in [-0.05, 0) is 54.4 Å². The summed E-state index contributed by atoms with van der Waals surface area (Å²) < 4.78 is 27.7. The van der Waals surface area contributed by atoms with E-state index in [0.29, 0.717) is 29.3 Å². The molecule has 7 nitrogen and oxygen atoms in total. The van der Waals surface area contributed by atoms with E-state index in [1.54, 1.807) is 12.4 Å². The Morgan fingerprint density at radius 1 is 1.00 bits per heavy atom. The van der Waals surface area contributed by atoms with Gasteiger partial charge in [0.25, 0.3) is 15.9 Å². The maximum atomic E-state index is 13.1. The third-order valence-corrected chi connectivity index (χ3v) is 7.83. The Bertz CT molecular complexity index is 1380. The zero-order valence-corrected chi connectivity index (χ0v) is 18.4. The van der Waals surface area contributed by atoms with Crippen molar-refractivity contribution < 1.29 is 13.2 Å². The first-order valence-electron chi connectivity index (χ1n) is 9.90. The number of fused-ring (bicyclic) bond motifs is 1. The van der Waals surface area contributed by atoms with Gasteiger partial charge >= 0.3 is 0 Å². The molecule has 1 amide bonds. The van der Waals surface area contributed by atoms with Gasteiger partial charge in [-0.15, -0.1) is 11.3 Å². The molecule has 0 atom stereocenters. The fourth-order valence-electron chi connectivity index (χ4n) is 3.62. The predicted molar refractivity (Wildman–Crippen MR) is 124 cm³/mol. The number of carbonyl (C=O) groups is 1. The number of nitrogens with zero attached hydrogens (tertiary/aromatic N) is 3. The predicted octanol–water partition coefficient (Wildman–Crippen LogP) is 4.21. The number of rotatable bonds is 5. The number of hydrogen-bond donors (Lipinski definition) is 1. The minimum atomic E-state index is -3.69. The average Bonchev–Trinajstić information content (AvgIpc) is 3.47. The van der Waals surface area contributed by atoms with Gasteiger partial charge < -0.3 is 0 Å². The number of benzene rings is 2. The average molecular weight is 463 g/mol. The van der Waals surface area contributed by atoms with Crippen LogP contribution in [0.1, 0.15) is 15.9 Å². The van der Waals surface area contributed by atoms with Crippen LogP contribution in [-0.2, 0) is 16.4 Å². The van der Waals surface area contributed by atoms with Crippen LogP contribution in [0.25, 0.3) is 11.3 Å². The first-order chi connectivity index (χ1) is 15.5. The highest BCUT2D eigenvalue weighted by Gasteiger charge is 2.30. The van der Waals surface area contributed by atoms with Crippen molar-refractivity contribution in [3.63, 3.8) is 0 Å². The fourth-order valence-corrected chi connectivity index (χ4v) is 5.84. The lowest BCUT2D eigenvalue weighted by Gasteiger charge is -2.19. The molecule has 2 aromatic carbocycles. The van der Waals surface area contributed by atoms with Gasteiger partial charge in [-0.1, -0.05) is 18.2 Å². The molecule has 32 heavy (non-hydrogen) atoms. The molecule has 0 unspecified atom stereocenters. The van der Waals surface area contributed by atoms with Crippen molar-refractivity contribution in [1.29, 1.82) is 0 Å². The second kappa shape index (κ2) is 8.18. The third kappa shape index (κ3) is 3.76. The van der Waals surface area contributed by atoms with Crippen molar-refractivity contribution in [1.82, 2.24) is 9.97 Å². The largest absolute Gasteiger partial charge is 0.298 e. The van der Waals surface area contributed by atoms with Crippen LogP contribution in [0.15, 0.2) is 83.3 Å². The Balaban J connectivity index is 1.32. The summed E-state index contributed by atoms with van der Waals surface area (Å²) >= 11 is 1.32. The zero-order valence-electron chi connectivity index (χ0n) is 16.8. The summed E-state index contributed by atoms with van der Waals surface area (Å²) in [5.74, 6) is -0.351. The number of carbonyl (C=O) groups excluding carboxylic acids is 1. The molecule has 4 aromatic rings. The molecule has 2 aromatic heterocycles. The second-order valence-corrected chi connectivity index (χ2v) is 9.93. The number of para-hydroxylation sites is 1. The lowest BCUT2D eigenvalue weighted by molar-refractivity contribution is 0.102. The number of amides is 1. The second-order valence-electron chi connectivity index (χ2n) is 7.21. The van der Waals surface area contributed by atoms with Gasteiger partial charge in [0.2, 0.25) is 0 Å². The fraction of sp³-hybridized carbons (Fsp3) is 0.0870. The van der Waals surface area contributed by atoms with Gasteiger partial charge in [0, 0.05) is 35.4 Å². The van der Waals surface area contributed by atoms with Gasteiger partial charge in [-0.25, -0.2) is 13.4 Å². The molecule has 1 N–H and O–H groups in total. The normalized spacial score (nSPS) is 13.1. The summed E-state index contributed by atoms with van der Waals surface area (Å²) in [6, 6.07) is 17.2. The van der Waals surface area contributed by atoms with Crippen LogP contribution in [0.3, 0.4) is 0 Å². The SMILES string of the molecule is O=C(Nc1nc(-c2ccncc2)cs1)c1ccc(S(=O)(=O)N2CCc3ccccc32)cc1. The molecule has 5 rings (SSSR count). The number of hydrogen-bond acceptors (Lipinski definition) is 6. The standard InChI is InChI=1S/C23H18N4O3S2/c28-22(26-23-25-20(15-31-23)16-9-12-24-13-10-16)18-5-7-19(8-6-18)32(29,30)27-14-11-17-3-1-2-4-21(17)27/h1-10,12-13,15H,11,14H2,(H,25,26,28). The number of anilines is 2. The van der Waals surface area contributed by atoms with Gasteiger partial charge in [-0.2, -0.15) is 0 Å². The first kappa shape index (κ1) is 20.3. The lowest BCUT2D eigenvalue weighted by Crippen LogP contribution is -2.29. The molecule has 0 spiro atoms. The van der Waals surface area contributed by atoms with E-state index < -0.39 is 10.0 Å². The number of aromatic nitrogens is 2. The highest BCUT2D eigenvalue weighted by molar-refractivity contribution is 7.92. The summed E-state index contributed by atoms with van der Waals surface area (Å²) in [6.45, 7) is 0.410. The number of sulfonamides is 1.